The molecule has 4 heteroatoms. The van der Waals surface area contributed by atoms with E-state index in [1.54, 1.807) is 4.90 Å². The zero-order valence-electron chi connectivity index (χ0n) is 15.4. The topological polar surface area (TPSA) is 49.4 Å². The molecule has 1 N–H and O–H groups in total. The fourth-order valence-corrected chi connectivity index (χ4v) is 2.78. The molecule has 4 nitrogen and oxygen atoms in total. The summed E-state index contributed by atoms with van der Waals surface area (Å²) in [4.78, 5) is 26.0. The van der Waals surface area contributed by atoms with Crippen LogP contribution in [-0.4, -0.2) is 18.4 Å². The van der Waals surface area contributed by atoms with Crippen molar-refractivity contribution in [1.29, 1.82) is 0 Å². The van der Waals surface area contributed by atoms with Gasteiger partial charge in [0.05, 0.1) is 0 Å². The van der Waals surface area contributed by atoms with Crippen molar-refractivity contribution in [2.24, 2.45) is 0 Å². The summed E-state index contributed by atoms with van der Waals surface area (Å²) < 4.78 is 0. The van der Waals surface area contributed by atoms with Crippen molar-refractivity contribution in [3.8, 4) is 0 Å². The van der Waals surface area contributed by atoms with E-state index in [2.05, 4.69) is 12.2 Å². The van der Waals surface area contributed by atoms with Crippen molar-refractivity contribution in [2.45, 2.75) is 40.5 Å². The highest BCUT2D eigenvalue weighted by Gasteiger charge is 2.16. The smallest absolute Gasteiger partial charge is 0.226 e. The molecule has 0 saturated heterocycles. The predicted molar refractivity (Wildman–Crippen MR) is 103 cm³/mol. The van der Waals surface area contributed by atoms with Crippen molar-refractivity contribution in [2.75, 3.05) is 16.8 Å². The Balaban J connectivity index is 2.04. The molecule has 0 unspecified atom stereocenters. The molecule has 0 aliphatic carbocycles. The highest BCUT2D eigenvalue weighted by molar-refractivity contribution is 5.95. The van der Waals surface area contributed by atoms with Gasteiger partial charge in [-0.3, -0.25) is 9.59 Å². The molecule has 0 atom stereocenters. The van der Waals surface area contributed by atoms with E-state index in [0.29, 0.717) is 6.54 Å². The quantitative estimate of drug-likeness (QED) is 0.856. The number of hydrogen-bond acceptors (Lipinski definition) is 2. The van der Waals surface area contributed by atoms with Gasteiger partial charge in [0.1, 0.15) is 0 Å². The lowest BCUT2D eigenvalue weighted by molar-refractivity contribution is -0.117. The number of carbonyl (C=O) groups excluding carboxylic acids is 2. The van der Waals surface area contributed by atoms with Crippen LogP contribution in [-0.2, 0) is 16.0 Å². The average molecular weight is 338 g/mol. The third-order valence-electron chi connectivity index (χ3n) is 4.40. The van der Waals surface area contributed by atoms with Crippen LogP contribution in [0.15, 0.2) is 42.5 Å². The minimum atomic E-state index is -0.0940. The summed E-state index contributed by atoms with van der Waals surface area (Å²) in [5.74, 6) is -0.150. The van der Waals surface area contributed by atoms with Crippen molar-refractivity contribution in [3.63, 3.8) is 0 Å². The Hall–Kier alpha value is -2.62. The summed E-state index contributed by atoms with van der Waals surface area (Å²) in [6, 6.07) is 13.7. The molecule has 132 valence electrons. The molecule has 0 bridgehead atoms. The van der Waals surface area contributed by atoms with Gasteiger partial charge in [-0.25, -0.2) is 0 Å². The standard InChI is InChI=1S/C21H26N2O2/c1-5-18-8-6-7-9-20(18)23(17(4)24)13-12-21(25)22-19-11-10-15(2)16(3)14-19/h6-11,14H,5,12-13H2,1-4H3,(H,22,25). The van der Waals surface area contributed by atoms with E-state index in [1.165, 1.54) is 12.5 Å². The lowest BCUT2D eigenvalue weighted by Crippen LogP contribution is -2.32. The maximum Gasteiger partial charge on any atom is 0.226 e. The molecule has 2 aromatic rings. The van der Waals surface area contributed by atoms with Gasteiger partial charge < -0.3 is 10.2 Å². The highest BCUT2D eigenvalue weighted by Crippen LogP contribution is 2.21. The van der Waals surface area contributed by atoms with Gasteiger partial charge in [-0.05, 0) is 55.2 Å². The molecule has 2 aromatic carbocycles. The molecule has 0 spiro atoms. The summed E-state index contributed by atoms with van der Waals surface area (Å²) in [5.41, 5.74) is 5.11. The zero-order chi connectivity index (χ0) is 18.4. The summed E-state index contributed by atoms with van der Waals surface area (Å²) >= 11 is 0. The zero-order valence-corrected chi connectivity index (χ0v) is 15.4. The van der Waals surface area contributed by atoms with Gasteiger partial charge in [0.15, 0.2) is 0 Å². The van der Waals surface area contributed by atoms with Crippen LogP contribution in [0, 0.1) is 13.8 Å². The molecule has 25 heavy (non-hydrogen) atoms. The second-order valence-electron chi connectivity index (χ2n) is 6.25. The Morgan fingerprint density at radius 1 is 1.04 bits per heavy atom. The fourth-order valence-electron chi connectivity index (χ4n) is 2.78. The van der Waals surface area contributed by atoms with Crippen LogP contribution in [0.5, 0.6) is 0 Å². The summed E-state index contributed by atoms with van der Waals surface area (Å²) in [7, 11) is 0. The van der Waals surface area contributed by atoms with E-state index >= 15 is 0 Å². The minimum absolute atomic E-state index is 0.0557. The number of hydrogen-bond donors (Lipinski definition) is 1. The lowest BCUT2D eigenvalue weighted by Gasteiger charge is -2.23. The number of rotatable bonds is 6. The average Bonchev–Trinajstić information content (AvgIpc) is 2.58. The summed E-state index contributed by atoms with van der Waals surface area (Å²) in [6.07, 6.45) is 1.10. The van der Waals surface area contributed by atoms with Gasteiger partial charge >= 0.3 is 0 Å². The maximum atomic E-state index is 12.3. The molecule has 0 aliphatic heterocycles. The van der Waals surface area contributed by atoms with Crippen LogP contribution in [0.4, 0.5) is 11.4 Å². The normalized spacial score (nSPS) is 10.4. The number of carbonyl (C=O) groups is 2. The minimum Gasteiger partial charge on any atom is -0.326 e. The van der Waals surface area contributed by atoms with Gasteiger partial charge in [0.2, 0.25) is 11.8 Å². The molecule has 2 amide bonds. The van der Waals surface area contributed by atoms with Crippen molar-refractivity contribution >= 4 is 23.2 Å². The van der Waals surface area contributed by atoms with E-state index in [0.717, 1.165) is 28.9 Å². The number of benzene rings is 2. The Morgan fingerprint density at radius 2 is 1.76 bits per heavy atom. The number of nitrogens with one attached hydrogen (secondary N) is 1. The Bertz CT molecular complexity index is 768. The number of aryl methyl sites for hydroxylation is 3. The summed E-state index contributed by atoms with van der Waals surface area (Å²) in [6.45, 7) is 8.02. The molecule has 0 saturated carbocycles. The number of amides is 2. The second-order valence-corrected chi connectivity index (χ2v) is 6.25. The van der Waals surface area contributed by atoms with Crippen molar-refractivity contribution < 1.29 is 9.59 Å². The van der Waals surface area contributed by atoms with Crippen LogP contribution in [0.2, 0.25) is 0 Å². The Labute approximate surface area is 149 Å². The molecular formula is C21H26N2O2. The molecule has 0 aliphatic rings. The number of nitrogens with zero attached hydrogens (tertiary/aromatic N) is 1. The van der Waals surface area contributed by atoms with Gasteiger partial charge in [0, 0.05) is 31.3 Å². The lowest BCUT2D eigenvalue weighted by atomic mass is 10.1. The van der Waals surface area contributed by atoms with Gasteiger partial charge in [-0.15, -0.1) is 0 Å². The van der Waals surface area contributed by atoms with Crippen LogP contribution in [0.25, 0.3) is 0 Å². The van der Waals surface area contributed by atoms with Crippen molar-refractivity contribution in [1.82, 2.24) is 0 Å². The SMILES string of the molecule is CCc1ccccc1N(CCC(=O)Nc1ccc(C)c(C)c1)C(C)=O. The van der Waals surface area contributed by atoms with E-state index in [4.69, 9.17) is 0 Å². The Morgan fingerprint density at radius 3 is 2.40 bits per heavy atom. The molecule has 0 heterocycles. The third kappa shape index (κ3) is 4.92. The van der Waals surface area contributed by atoms with E-state index in [-0.39, 0.29) is 18.2 Å². The molecule has 0 fully saturated rings. The van der Waals surface area contributed by atoms with Gasteiger partial charge in [-0.2, -0.15) is 0 Å². The summed E-state index contributed by atoms with van der Waals surface area (Å²) in [5, 5.41) is 2.91. The van der Waals surface area contributed by atoms with Crippen LogP contribution in [0.3, 0.4) is 0 Å². The maximum absolute atomic E-state index is 12.3. The first-order valence-corrected chi connectivity index (χ1v) is 8.65. The van der Waals surface area contributed by atoms with Crippen LogP contribution in [0.1, 0.15) is 37.0 Å². The van der Waals surface area contributed by atoms with E-state index in [1.807, 2.05) is 56.3 Å². The first kappa shape index (κ1) is 18.7. The monoisotopic (exact) mass is 338 g/mol. The largest absolute Gasteiger partial charge is 0.326 e. The number of para-hydroxylation sites is 1. The molecule has 0 aromatic heterocycles. The van der Waals surface area contributed by atoms with E-state index < -0.39 is 0 Å². The third-order valence-corrected chi connectivity index (χ3v) is 4.40. The first-order chi connectivity index (χ1) is 11.9. The second kappa shape index (κ2) is 8.47. The van der Waals surface area contributed by atoms with E-state index in [9.17, 15) is 9.59 Å². The molecule has 2 rings (SSSR count). The number of anilines is 2. The molecular weight excluding hydrogens is 312 g/mol. The van der Waals surface area contributed by atoms with Gasteiger partial charge in [-0.1, -0.05) is 31.2 Å². The van der Waals surface area contributed by atoms with Crippen LogP contribution >= 0.6 is 0 Å². The first-order valence-electron chi connectivity index (χ1n) is 8.65. The molecule has 0 radical (unpaired) electrons. The van der Waals surface area contributed by atoms with Gasteiger partial charge in [0.25, 0.3) is 0 Å². The Kier molecular flexibility index (Phi) is 6.34. The highest BCUT2D eigenvalue weighted by atomic mass is 16.2. The van der Waals surface area contributed by atoms with Crippen LogP contribution < -0.4 is 10.2 Å². The van der Waals surface area contributed by atoms with Crippen molar-refractivity contribution in [3.05, 3.63) is 59.2 Å². The fraction of sp³-hybridized carbons (Fsp3) is 0.333. The predicted octanol–water partition coefficient (Wildman–Crippen LogP) is 4.25.